The fraction of sp³-hybridized carbons (Fsp3) is 0.0833. The number of nitrogens with two attached hydrogens (primary N) is 1. The van der Waals surface area contributed by atoms with Gasteiger partial charge in [-0.05, 0) is 36.4 Å². The average molecular weight is 281 g/mol. The molecule has 0 aliphatic carbocycles. The van der Waals surface area contributed by atoms with Crippen LogP contribution < -0.4 is 10.0 Å². The van der Waals surface area contributed by atoms with Gasteiger partial charge in [0.25, 0.3) is 10.0 Å². The Morgan fingerprint density at radius 3 is 2.42 bits per heavy atom. The quantitative estimate of drug-likeness (QED) is 0.867. The SMILES string of the molecule is CN(c1ccc(N)cc1)S(=O)(=O)c1ncccc1F. The smallest absolute Gasteiger partial charge is 0.284 e. The number of hydrogen-bond donors (Lipinski definition) is 1. The molecular weight excluding hydrogens is 269 g/mol. The van der Waals surface area contributed by atoms with Crippen LogP contribution in [0.1, 0.15) is 0 Å². The Morgan fingerprint density at radius 2 is 1.84 bits per heavy atom. The first-order valence-electron chi connectivity index (χ1n) is 5.38. The zero-order valence-electron chi connectivity index (χ0n) is 10.1. The first-order chi connectivity index (χ1) is 8.93. The molecule has 0 spiro atoms. The van der Waals surface area contributed by atoms with Gasteiger partial charge < -0.3 is 5.73 Å². The molecule has 100 valence electrons. The van der Waals surface area contributed by atoms with Crippen molar-refractivity contribution in [2.24, 2.45) is 0 Å². The normalized spacial score (nSPS) is 11.3. The molecule has 0 aliphatic heterocycles. The van der Waals surface area contributed by atoms with Crippen molar-refractivity contribution in [3.05, 3.63) is 48.4 Å². The Kier molecular flexibility index (Phi) is 3.39. The molecule has 0 saturated heterocycles. The largest absolute Gasteiger partial charge is 0.399 e. The summed E-state index contributed by atoms with van der Waals surface area (Å²) in [4.78, 5) is 3.58. The van der Waals surface area contributed by atoms with E-state index < -0.39 is 20.9 Å². The lowest BCUT2D eigenvalue weighted by molar-refractivity contribution is 0.552. The lowest BCUT2D eigenvalue weighted by Gasteiger charge is -2.19. The van der Waals surface area contributed by atoms with Crippen LogP contribution in [0.2, 0.25) is 0 Å². The Balaban J connectivity index is 2.45. The number of rotatable bonds is 3. The predicted molar refractivity (Wildman–Crippen MR) is 70.6 cm³/mol. The van der Waals surface area contributed by atoms with Gasteiger partial charge in [-0.3, -0.25) is 4.31 Å². The van der Waals surface area contributed by atoms with Gasteiger partial charge in [0.05, 0.1) is 5.69 Å². The maximum atomic E-state index is 13.5. The third kappa shape index (κ3) is 2.50. The van der Waals surface area contributed by atoms with Crippen LogP contribution in [-0.2, 0) is 10.0 Å². The van der Waals surface area contributed by atoms with Gasteiger partial charge in [-0.2, -0.15) is 8.42 Å². The van der Waals surface area contributed by atoms with E-state index in [1.54, 1.807) is 12.1 Å². The summed E-state index contributed by atoms with van der Waals surface area (Å²) in [5.74, 6) is -0.884. The van der Waals surface area contributed by atoms with Crippen LogP contribution in [0.3, 0.4) is 0 Å². The molecule has 19 heavy (non-hydrogen) atoms. The van der Waals surface area contributed by atoms with E-state index >= 15 is 0 Å². The van der Waals surface area contributed by atoms with Crippen molar-refractivity contribution in [2.75, 3.05) is 17.1 Å². The first kappa shape index (κ1) is 13.3. The van der Waals surface area contributed by atoms with Gasteiger partial charge in [-0.1, -0.05) is 0 Å². The van der Waals surface area contributed by atoms with Gasteiger partial charge in [-0.25, -0.2) is 9.37 Å². The van der Waals surface area contributed by atoms with E-state index in [9.17, 15) is 12.8 Å². The topological polar surface area (TPSA) is 76.3 Å². The maximum absolute atomic E-state index is 13.5. The summed E-state index contributed by atoms with van der Waals surface area (Å²) < 4.78 is 39.0. The van der Waals surface area contributed by atoms with Crippen LogP contribution in [0.25, 0.3) is 0 Å². The third-order valence-corrected chi connectivity index (χ3v) is 4.31. The van der Waals surface area contributed by atoms with Crippen molar-refractivity contribution < 1.29 is 12.8 Å². The van der Waals surface area contributed by atoms with E-state index in [0.29, 0.717) is 11.4 Å². The van der Waals surface area contributed by atoms with E-state index in [1.165, 1.54) is 31.4 Å². The summed E-state index contributed by atoms with van der Waals surface area (Å²) in [7, 11) is -2.70. The Morgan fingerprint density at radius 1 is 1.21 bits per heavy atom. The number of hydrogen-bond acceptors (Lipinski definition) is 4. The highest BCUT2D eigenvalue weighted by molar-refractivity contribution is 7.92. The number of benzene rings is 1. The molecule has 0 unspecified atom stereocenters. The molecule has 0 bridgehead atoms. The summed E-state index contributed by atoms with van der Waals surface area (Å²) in [5, 5.41) is -0.602. The van der Waals surface area contributed by atoms with Crippen LogP contribution >= 0.6 is 0 Å². The lowest BCUT2D eigenvalue weighted by Crippen LogP contribution is -2.28. The molecule has 0 saturated carbocycles. The minimum absolute atomic E-state index is 0.374. The van der Waals surface area contributed by atoms with Crippen molar-refractivity contribution in [1.82, 2.24) is 4.98 Å². The van der Waals surface area contributed by atoms with Crippen LogP contribution in [-0.4, -0.2) is 20.4 Å². The van der Waals surface area contributed by atoms with Gasteiger partial charge in [0.15, 0.2) is 5.82 Å². The first-order valence-corrected chi connectivity index (χ1v) is 6.82. The number of pyridine rings is 1. The fourth-order valence-electron chi connectivity index (χ4n) is 1.51. The minimum Gasteiger partial charge on any atom is -0.399 e. The molecule has 7 heteroatoms. The number of sulfonamides is 1. The molecule has 2 rings (SSSR count). The van der Waals surface area contributed by atoms with Crippen LogP contribution in [0.15, 0.2) is 47.6 Å². The fourth-order valence-corrected chi connectivity index (χ4v) is 2.68. The molecular formula is C12H12FN3O2S. The second-order valence-corrected chi connectivity index (χ2v) is 5.74. The summed E-state index contributed by atoms with van der Waals surface area (Å²) in [5.41, 5.74) is 6.42. The van der Waals surface area contributed by atoms with Crippen LogP contribution in [0.4, 0.5) is 15.8 Å². The van der Waals surface area contributed by atoms with Crippen molar-refractivity contribution in [1.29, 1.82) is 0 Å². The third-order valence-electron chi connectivity index (χ3n) is 2.59. The summed E-state index contributed by atoms with van der Waals surface area (Å²) in [6.07, 6.45) is 1.23. The molecule has 0 radical (unpaired) electrons. The van der Waals surface area contributed by atoms with E-state index in [0.717, 1.165) is 10.4 Å². The molecule has 0 amide bonds. The van der Waals surface area contributed by atoms with Gasteiger partial charge in [0.2, 0.25) is 5.03 Å². The van der Waals surface area contributed by atoms with Gasteiger partial charge in [0.1, 0.15) is 0 Å². The monoisotopic (exact) mass is 281 g/mol. The average Bonchev–Trinajstić information content (AvgIpc) is 2.39. The lowest BCUT2D eigenvalue weighted by atomic mass is 10.3. The van der Waals surface area contributed by atoms with E-state index in [-0.39, 0.29) is 0 Å². The Bertz CT molecular complexity index is 686. The Labute approximate surface area is 110 Å². The second kappa shape index (κ2) is 4.85. The van der Waals surface area contributed by atoms with Crippen molar-refractivity contribution >= 4 is 21.4 Å². The summed E-state index contributed by atoms with van der Waals surface area (Å²) in [6.45, 7) is 0. The zero-order valence-corrected chi connectivity index (χ0v) is 10.9. The van der Waals surface area contributed by atoms with Gasteiger partial charge in [0, 0.05) is 18.9 Å². The maximum Gasteiger partial charge on any atom is 0.284 e. The van der Waals surface area contributed by atoms with Gasteiger partial charge in [-0.15, -0.1) is 0 Å². The van der Waals surface area contributed by atoms with Crippen LogP contribution in [0.5, 0.6) is 0 Å². The number of nitrogens with zero attached hydrogens (tertiary/aromatic N) is 2. The molecule has 2 aromatic rings. The van der Waals surface area contributed by atoms with Crippen molar-refractivity contribution in [3.63, 3.8) is 0 Å². The van der Waals surface area contributed by atoms with Crippen LogP contribution in [0, 0.1) is 5.82 Å². The minimum atomic E-state index is -4.03. The molecule has 1 aromatic heterocycles. The highest BCUT2D eigenvalue weighted by Crippen LogP contribution is 2.22. The molecule has 0 aliphatic rings. The number of nitrogen functional groups attached to an aromatic ring is 1. The van der Waals surface area contributed by atoms with E-state index in [2.05, 4.69) is 4.98 Å². The number of halogens is 1. The summed E-state index contributed by atoms with van der Waals surface area (Å²) >= 11 is 0. The van der Waals surface area contributed by atoms with E-state index in [1.807, 2.05) is 0 Å². The second-order valence-electron chi connectivity index (χ2n) is 3.85. The summed E-state index contributed by atoms with van der Waals surface area (Å²) in [6, 6.07) is 8.59. The molecule has 0 atom stereocenters. The molecule has 5 nitrogen and oxygen atoms in total. The molecule has 2 N–H and O–H groups in total. The van der Waals surface area contributed by atoms with Crippen molar-refractivity contribution in [2.45, 2.75) is 5.03 Å². The van der Waals surface area contributed by atoms with E-state index in [4.69, 9.17) is 5.73 Å². The molecule has 1 heterocycles. The zero-order chi connectivity index (χ0) is 14.0. The standard InChI is InChI=1S/C12H12FN3O2S/c1-16(10-6-4-9(14)5-7-10)19(17,18)12-11(13)3-2-8-15-12/h2-8H,14H2,1H3. The van der Waals surface area contributed by atoms with Gasteiger partial charge >= 0.3 is 0 Å². The highest BCUT2D eigenvalue weighted by atomic mass is 32.2. The molecule has 1 aromatic carbocycles. The molecule has 0 fully saturated rings. The Hall–Kier alpha value is -2.15. The van der Waals surface area contributed by atoms with Crippen molar-refractivity contribution in [3.8, 4) is 0 Å². The number of aromatic nitrogens is 1. The predicted octanol–water partition coefficient (Wildman–Crippen LogP) is 1.63. The number of anilines is 2. The highest BCUT2D eigenvalue weighted by Gasteiger charge is 2.26.